The third kappa shape index (κ3) is 2.79. The predicted octanol–water partition coefficient (Wildman–Crippen LogP) is 3.33. The zero-order valence-electron chi connectivity index (χ0n) is 12.4. The molecule has 2 aromatic heterocycles. The SMILES string of the molecule is CCCOc1nc(N)nc2c1ccn2C1=C/C=C\C=C/C=C\1. The van der Waals surface area contributed by atoms with Crippen LogP contribution in [0, 0.1) is 0 Å². The molecule has 0 saturated carbocycles. The van der Waals surface area contributed by atoms with Gasteiger partial charge in [-0.25, -0.2) is 0 Å². The fourth-order valence-corrected chi connectivity index (χ4v) is 2.24. The lowest BCUT2D eigenvalue weighted by Crippen LogP contribution is -2.04. The summed E-state index contributed by atoms with van der Waals surface area (Å²) in [5.74, 6) is 0.748. The molecule has 0 saturated heterocycles. The third-order valence-corrected chi connectivity index (χ3v) is 3.23. The summed E-state index contributed by atoms with van der Waals surface area (Å²) < 4.78 is 7.67. The predicted molar refractivity (Wildman–Crippen MR) is 89.4 cm³/mol. The van der Waals surface area contributed by atoms with Crippen molar-refractivity contribution >= 4 is 22.7 Å². The van der Waals surface area contributed by atoms with E-state index in [9.17, 15) is 0 Å². The van der Waals surface area contributed by atoms with Gasteiger partial charge in [0.25, 0.3) is 0 Å². The van der Waals surface area contributed by atoms with E-state index in [4.69, 9.17) is 10.5 Å². The van der Waals surface area contributed by atoms with Gasteiger partial charge in [-0.05, 0) is 24.6 Å². The van der Waals surface area contributed by atoms with Gasteiger partial charge in [0.1, 0.15) is 0 Å². The van der Waals surface area contributed by atoms with Crippen molar-refractivity contribution in [2.24, 2.45) is 0 Å². The molecule has 0 fully saturated rings. The van der Waals surface area contributed by atoms with Gasteiger partial charge < -0.3 is 15.0 Å². The van der Waals surface area contributed by atoms with Crippen LogP contribution in [0.1, 0.15) is 13.3 Å². The first kappa shape index (κ1) is 14.1. The number of fused-ring (bicyclic) bond motifs is 1. The smallest absolute Gasteiger partial charge is 0.227 e. The van der Waals surface area contributed by atoms with Crippen molar-refractivity contribution in [2.45, 2.75) is 13.3 Å². The Kier molecular flexibility index (Phi) is 4.05. The maximum Gasteiger partial charge on any atom is 0.227 e. The Morgan fingerprint density at radius 2 is 1.95 bits per heavy atom. The minimum absolute atomic E-state index is 0.212. The van der Waals surface area contributed by atoms with Crippen LogP contribution in [0.2, 0.25) is 0 Å². The number of aromatic nitrogens is 3. The van der Waals surface area contributed by atoms with Crippen LogP contribution in [0.3, 0.4) is 0 Å². The van der Waals surface area contributed by atoms with Crippen molar-refractivity contribution < 1.29 is 4.74 Å². The Morgan fingerprint density at radius 3 is 2.82 bits per heavy atom. The molecule has 22 heavy (non-hydrogen) atoms. The van der Waals surface area contributed by atoms with E-state index in [0.717, 1.165) is 23.2 Å². The minimum atomic E-state index is 0.212. The summed E-state index contributed by atoms with van der Waals surface area (Å²) in [5.41, 5.74) is 7.57. The average Bonchev–Trinajstić information content (AvgIpc) is 2.88. The molecular weight excluding hydrogens is 276 g/mol. The standard InChI is InChI=1S/C17H18N4O/c1-2-12-22-16-14-10-11-21(15(14)19-17(18)20-16)13-8-6-4-3-5-7-9-13/h3-11H,2,12H2,1H3,(H2,18,19,20)/b4-3-,5-3?,6-4?,7-5-,8-6-,9-7?,13-8?,13-9+. The Morgan fingerprint density at radius 1 is 1.14 bits per heavy atom. The van der Waals surface area contributed by atoms with Crippen molar-refractivity contribution in [3.8, 4) is 5.88 Å². The van der Waals surface area contributed by atoms with Crippen LogP contribution in [0.25, 0.3) is 16.7 Å². The van der Waals surface area contributed by atoms with Gasteiger partial charge >= 0.3 is 0 Å². The van der Waals surface area contributed by atoms with Crippen LogP contribution >= 0.6 is 0 Å². The lowest BCUT2D eigenvalue weighted by molar-refractivity contribution is 0.309. The van der Waals surface area contributed by atoms with Crippen molar-refractivity contribution in [3.05, 3.63) is 54.8 Å². The molecule has 5 nitrogen and oxygen atoms in total. The third-order valence-electron chi connectivity index (χ3n) is 3.23. The number of ether oxygens (including phenoxy) is 1. The van der Waals surface area contributed by atoms with Gasteiger partial charge in [-0.3, -0.25) is 0 Å². The van der Waals surface area contributed by atoms with Crippen LogP contribution in [0.15, 0.2) is 54.8 Å². The lowest BCUT2D eigenvalue weighted by atomic mass is 10.2. The average molecular weight is 294 g/mol. The number of hydrogen-bond donors (Lipinski definition) is 1. The largest absolute Gasteiger partial charge is 0.477 e. The molecular formula is C17H18N4O. The summed E-state index contributed by atoms with van der Waals surface area (Å²) in [5, 5.41) is 0.860. The van der Waals surface area contributed by atoms with Crippen LogP contribution in [0.4, 0.5) is 5.95 Å². The second-order valence-corrected chi connectivity index (χ2v) is 4.88. The summed E-state index contributed by atoms with van der Waals surface area (Å²) in [6.07, 6.45) is 16.8. The van der Waals surface area contributed by atoms with Gasteiger partial charge in [0.15, 0.2) is 5.65 Å². The summed E-state index contributed by atoms with van der Waals surface area (Å²) in [6, 6.07) is 1.95. The van der Waals surface area contributed by atoms with E-state index in [1.54, 1.807) is 0 Å². The Hall–Kier alpha value is -2.82. The van der Waals surface area contributed by atoms with Gasteiger partial charge in [0, 0.05) is 11.9 Å². The molecule has 0 spiro atoms. The molecule has 2 heterocycles. The summed E-state index contributed by atoms with van der Waals surface area (Å²) in [7, 11) is 0. The second kappa shape index (κ2) is 6.30. The molecule has 0 unspecified atom stereocenters. The van der Waals surface area contributed by atoms with Gasteiger partial charge in [-0.2, -0.15) is 9.97 Å². The van der Waals surface area contributed by atoms with Crippen LogP contribution in [0.5, 0.6) is 5.88 Å². The molecule has 0 bridgehead atoms. The first-order valence-electron chi connectivity index (χ1n) is 7.29. The second-order valence-electron chi connectivity index (χ2n) is 4.88. The maximum atomic E-state index is 5.83. The highest BCUT2D eigenvalue weighted by Gasteiger charge is 2.12. The first-order chi connectivity index (χ1) is 10.8. The molecule has 0 amide bonds. The van der Waals surface area contributed by atoms with Crippen LogP contribution < -0.4 is 10.5 Å². The van der Waals surface area contributed by atoms with Gasteiger partial charge in [0.2, 0.25) is 11.8 Å². The number of nitrogen functional groups attached to an aromatic ring is 1. The van der Waals surface area contributed by atoms with E-state index in [0.29, 0.717) is 12.5 Å². The molecule has 0 radical (unpaired) electrons. The topological polar surface area (TPSA) is 66.0 Å². The molecule has 2 N–H and O–H groups in total. The molecule has 5 heteroatoms. The fraction of sp³-hybridized carbons (Fsp3) is 0.176. The van der Waals surface area contributed by atoms with E-state index < -0.39 is 0 Å². The molecule has 0 aromatic carbocycles. The quantitative estimate of drug-likeness (QED) is 0.939. The van der Waals surface area contributed by atoms with Crippen molar-refractivity contribution in [2.75, 3.05) is 12.3 Å². The lowest BCUT2D eigenvalue weighted by Gasteiger charge is -2.09. The molecule has 0 aliphatic heterocycles. The van der Waals surface area contributed by atoms with E-state index in [1.807, 2.05) is 59.4 Å². The van der Waals surface area contributed by atoms with Crippen molar-refractivity contribution in [1.29, 1.82) is 0 Å². The van der Waals surface area contributed by atoms with Gasteiger partial charge in [0.05, 0.1) is 12.0 Å². The maximum absolute atomic E-state index is 5.83. The highest BCUT2D eigenvalue weighted by atomic mass is 16.5. The van der Waals surface area contributed by atoms with Crippen molar-refractivity contribution in [3.63, 3.8) is 0 Å². The van der Waals surface area contributed by atoms with Crippen LogP contribution in [-0.4, -0.2) is 21.1 Å². The highest BCUT2D eigenvalue weighted by Crippen LogP contribution is 2.27. The molecule has 112 valence electrons. The molecule has 0 atom stereocenters. The normalized spacial score (nSPS) is 20.7. The van der Waals surface area contributed by atoms with E-state index in [-0.39, 0.29) is 5.95 Å². The van der Waals surface area contributed by atoms with Crippen molar-refractivity contribution in [1.82, 2.24) is 14.5 Å². The summed E-state index contributed by atoms with van der Waals surface area (Å²) >= 11 is 0. The number of anilines is 1. The number of nitrogens with zero attached hydrogens (tertiary/aromatic N) is 3. The fourth-order valence-electron chi connectivity index (χ4n) is 2.24. The molecule has 2 aromatic rings. The Bertz CT molecular complexity index is 796. The Balaban J connectivity index is 2.10. The molecule has 1 aliphatic carbocycles. The highest BCUT2D eigenvalue weighted by molar-refractivity contribution is 5.86. The zero-order chi connectivity index (χ0) is 15.4. The number of hydrogen-bond acceptors (Lipinski definition) is 4. The van der Waals surface area contributed by atoms with E-state index >= 15 is 0 Å². The zero-order valence-corrected chi connectivity index (χ0v) is 12.4. The summed E-state index contributed by atoms with van der Waals surface area (Å²) in [4.78, 5) is 8.57. The number of allylic oxidation sites excluding steroid dienone is 8. The monoisotopic (exact) mass is 294 g/mol. The van der Waals surface area contributed by atoms with E-state index in [1.165, 1.54) is 0 Å². The van der Waals surface area contributed by atoms with Gasteiger partial charge in [-0.15, -0.1) is 0 Å². The number of rotatable bonds is 4. The molecule has 3 rings (SSSR count). The Labute approximate surface area is 129 Å². The minimum Gasteiger partial charge on any atom is -0.477 e. The molecule has 1 aliphatic rings. The van der Waals surface area contributed by atoms with Gasteiger partial charge in [-0.1, -0.05) is 37.3 Å². The first-order valence-corrected chi connectivity index (χ1v) is 7.29. The number of nitrogens with two attached hydrogens (primary N) is 1. The van der Waals surface area contributed by atoms with Crippen LogP contribution in [-0.2, 0) is 0 Å². The van der Waals surface area contributed by atoms with E-state index in [2.05, 4.69) is 16.9 Å². The summed E-state index contributed by atoms with van der Waals surface area (Å²) in [6.45, 7) is 2.66.